The molecular formula is C23H22ClNO3. The number of aryl methyl sites for hydroxylation is 2. The van der Waals surface area contributed by atoms with E-state index in [9.17, 15) is 4.79 Å². The first-order chi connectivity index (χ1) is 13.5. The topological polar surface area (TPSA) is 47.6 Å². The Morgan fingerprint density at radius 1 is 0.964 bits per heavy atom. The Morgan fingerprint density at radius 2 is 1.71 bits per heavy atom. The van der Waals surface area contributed by atoms with Gasteiger partial charge in [0.25, 0.3) is 5.91 Å². The van der Waals surface area contributed by atoms with E-state index >= 15 is 0 Å². The van der Waals surface area contributed by atoms with Crippen molar-refractivity contribution in [1.29, 1.82) is 0 Å². The molecule has 0 spiro atoms. The largest absolute Gasteiger partial charge is 0.493 e. The second kappa shape index (κ2) is 8.81. The maximum absolute atomic E-state index is 12.6. The molecule has 3 aromatic carbocycles. The van der Waals surface area contributed by atoms with Crippen molar-refractivity contribution in [3.05, 3.63) is 87.9 Å². The summed E-state index contributed by atoms with van der Waals surface area (Å²) in [6, 6.07) is 18.6. The maximum Gasteiger partial charge on any atom is 0.255 e. The number of carbonyl (C=O) groups is 1. The zero-order chi connectivity index (χ0) is 20.1. The molecule has 0 aliphatic carbocycles. The van der Waals surface area contributed by atoms with Crippen LogP contribution in [-0.4, -0.2) is 13.0 Å². The summed E-state index contributed by atoms with van der Waals surface area (Å²) in [6.45, 7) is 4.38. The molecule has 0 saturated heterocycles. The highest BCUT2D eigenvalue weighted by Crippen LogP contribution is 2.29. The van der Waals surface area contributed by atoms with Gasteiger partial charge in [-0.1, -0.05) is 47.5 Å². The highest BCUT2D eigenvalue weighted by molar-refractivity contribution is 6.31. The molecule has 0 radical (unpaired) electrons. The van der Waals surface area contributed by atoms with Gasteiger partial charge in [0, 0.05) is 16.3 Å². The molecular weight excluding hydrogens is 374 g/mol. The molecule has 0 bridgehead atoms. The third-order valence-corrected chi connectivity index (χ3v) is 4.62. The van der Waals surface area contributed by atoms with E-state index in [0.29, 0.717) is 34.4 Å². The summed E-state index contributed by atoms with van der Waals surface area (Å²) in [5.41, 5.74) is 4.34. The SMILES string of the molecule is COc1cc(C(=O)Nc2cc(Cl)ccc2C)ccc1OCc1ccc(C)cc1. The standard InChI is InChI=1S/C23H22ClNO3/c1-15-4-7-17(8-5-15)14-28-21-11-9-18(12-22(21)27-3)23(26)25-20-13-19(24)10-6-16(20)2/h4-13H,14H2,1-3H3,(H,25,26). The van der Waals surface area contributed by atoms with Crippen LogP contribution in [0.2, 0.25) is 5.02 Å². The second-order valence-corrected chi connectivity index (χ2v) is 6.99. The molecule has 0 fully saturated rings. The van der Waals surface area contributed by atoms with Crippen LogP contribution in [0.15, 0.2) is 60.7 Å². The molecule has 0 unspecified atom stereocenters. The summed E-state index contributed by atoms with van der Waals surface area (Å²) in [5.74, 6) is 0.842. The molecule has 5 heteroatoms. The number of nitrogens with one attached hydrogen (secondary N) is 1. The van der Waals surface area contributed by atoms with Gasteiger partial charge in [0.2, 0.25) is 0 Å². The van der Waals surface area contributed by atoms with Gasteiger partial charge in [-0.2, -0.15) is 0 Å². The van der Waals surface area contributed by atoms with Crippen molar-refractivity contribution in [3.63, 3.8) is 0 Å². The number of ether oxygens (including phenoxy) is 2. The van der Waals surface area contributed by atoms with E-state index in [1.54, 1.807) is 37.4 Å². The summed E-state index contributed by atoms with van der Waals surface area (Å²) in [6.07, 6.45) is 0. The van der Waals surface area contributed by atoms with E-state index in [2.05, 4.69) is 5.32 Å². The summed E-state index contributed by atoms with van der Waals surface area (Å²) < 4.78 is 11.3. The molecule has 3 rings (SSSR count). The zero-order valence-electron chi connectivity index (χ0n) is 16.1. The number of anilines is 1. The average molecular weight is 396 g/mol. The lowest BCUT2D eigenvalue weighted by Crippen LogP contribution is -2.13. The van der Waals surface area contributed by atoms with Crippen molar-refractivity contribution in [1.82, 2.24) is 0 Å². The lowest BCUT2D eigenvalue weighted by Gasteiger charge is -2.13. The van der Waals surface area contributed by atoms with Gasteiger partial charge in [0.05, 0.1) is 7.11 Å². The zero-order valence-corrected chi connectivity index (χ0v) is 16.8. The van der Waals surface area contributed by atoms with E-state index in [4.69, 9.17) is 21.1 Å². The molecule has 0 aromatic heterocycles. The van der Waals surface area contributed by atoms with Gasteiger partial charge in [-0.15, -0.1) is 0 Å². The van der Waals surface area contributed by atoms with Crippen LogP contribution < -0.4 is 14.8 Å². The Labute approximate surface area is 170 Å². The molecule has 1 N–H and O–H groups in total. The molecule has 0 heterocycles. The molecule has 1 amide bonds. The van der Waals surface area contributed by atoms with Gasteiger partial charge >= 0.3 is 0 Å². The van der Waals surface area contributed by atoms with Gasteiger partial charge in [0.15, 0.2) is 11.5 Å². The Balaban J connectivity index is 1.73. The van der Waals surface area contributed by atoms with Crippen molar-refractivity contribution in [2.75, 3.05) is 12.4 Å². The predicted octanol–water partition coefficient (Wildman–Crippen LogP) is 5.80. The number of benzene rings is 3. The fraction of sp³-hybridized carbons (Fsp3) is 0.174. The first-order valence-electron chi connectivity index (χ1n) is 8.90. The van der Waals surface area contributed by atoms with Crippen molar-refractivity contribution in [2.45, 2.75) is 20.5 Å². The minimum Gasteiger partial charge on any atom is -0.493 e. The third-order valence-electron chi connectivity index (χ3n) is 4.39. The smallest absolute Gasteiger partial charge is 0.255 e. The van der Waals surface area contributed by atoms with Crippen LogP contribution >= 0.6 is 11.6 Å². The summed E-state index contributed by atoms with van der Waals surface area (Å²) >= 11 is 6.02. The first-order valence-corrected chi connectivity index (χ1v) is 9.28. The van der Waals surface area contributed by atoms with Crippen molar-refractivity contribution in [2.24, 2.45) is 0 Å². The van der Waals surface area contributed by atoms with Crippen LogP contribution in [0.4, 0.5) is 5.69 Å². The van der Waals surface area contributed by atoms with E-state index in [0.717, 1.165) is 11.1 Å². The Bertz CT molecular complexity index is 984. The Kier molecular flexibility index (Phi) is 6.22. The Morgan fingerprint density at radius 3 is 2.43 bits per heavy atom. The third kappa shape index (κ3) is 4.84. The predicted molar refractivity (Wildman–Crippen MR) is 113 cm³/mol. The molecule has 0 atom stereocenters. The second-order valence-electron chi connectivity index (χ2n) is 6.55. The first kappa shape index (κ1) is 19.8. The molecule has 4 nitrogen and oxygen atoms in total. The van der Waals surface area contributed by atoms with Gasteiger partial charge < -0.3 is 14.8 Å². The van der Waals surface area contributed by atoms with E-state index in [1.807, 2.05) is 44.2 Å². The van der Waals surface area contributed by atoms with Crippen LogP contribution in [-0.2, 0) is 6.61 Å². The number of hydrogen-bond acceptors (Lipinski definition) is 3. The highest BCUT2D eigenvalue weighted by Gasteiger charge is 2.13. The van der Waals surface area contributed by atoms with Gasteiger partial charge in [0.1, 0.15) is 6.61 Å². The monoisotopic (exact) mass is 395 g/mol. The molecule has 3 aromatic rings. The van der Waals surface area contributed by atoms with Crippen LogP contribution in [0, 0.1) is 13.8 Å². The lowest BCUT2D eigenvalue weighted by molar-refractivity contribution is 0.102. The van der Waals surface area contributed by atoms with Crippen LogP contribution in [0.25, 0.3) is 0 Å². The average Bonchev–Trinajstić information content (AvgIpc) is 2.70. The normalized spacial score (nSPS) is 10.4. The molecule has 144 valence electrons. The van der Waals surface area contributed by atoms with E-state index < -0.39 is 0 Å². The minimum atomic E-state index is -0.242. The number of halogens is 1. The lowest BCUT2D eigenvalue weighted by atomic mass is 10.1. The van der Waals surface area contributed by atoms with Crippen LogP contribution in [0.5, 0.6) is 11.5 Å². The van der Waals surface area contributed by atoms with Crippen LogP contribution in [0.1, 0.15) is 27.0 Å². The Hall–Kier alpha value is -2.98. The summed E-state index contributed by atoms with van der Waals surface area (Å²) in [5, 5.41) is 3.45. The quantitative estimate of drug-likeness (QED) is 0.574. The van der Waals surface area contributed by atoms with Gasteiger partial charge in [-0.05, 0) is 55.3 Å². The van der Waals surface area contributed by atoms with E-state index in [1.165, 1.54) is 5.56 Å². The number of methoxy groups -OCH3 is 1. The molecule has 0 saturated carbocycles. The maximum atomic E-state index is 12.6. The highest BCUT2D eigenvalue weighted by atomic mass is 35.5. The van der Waals surface area contributed by atoms with Crippen molar-refractivity contribution < 1.29 is 14.3 Å². The summed E-state index contributed by atoms with van der Waals surface area (Å²) in [4.78, 5) is 12.6. The van der Waals surface area contributed by atoms with Crippen LogP contribution in [0.3, 0.4) is 0 Å². The minimum absolute atomic E-state index is 0.242. The van der Waals surface area contributed by atoms with E-state index in [-0.39, 0.29) is 5.91 Å². The van der Waals surface area contributed by atoms with Crippen molar-refractivity contribution in [3.8, 4) is 11.5 Å². The number of carbonyl (C=O) groups excluding carboxylic acids is 1. The number of amides is 1. The number of rotatable bonds is 6. The van der Waals surface area contributed by atoms with Gasteiger partial charge in [-0.25, -0.2) is 0 Å². The fourth-order valence-corrected chi connectivity index (χ4v) is 2.87. The fourth-order valence-electron chi connectivity index (χ4n) is 2.70. The molecule has 0 aliphatic rings. The van der Waals surface area contributed by atoms with Crippen molar-refractivity contribution >= 4 is 23.2 Å². The molecule has 0 aliphatic heterocycles. The van der Waals surface area contributed by atoms with Gasteiger partial charge in [-0.3, -0.25) is 4.79 Å². The summed E-state index contributed by atoms with van der Waals surface area (Å²) in [7, 11) is 1.55. The number of hydrogen-bond donors (Lipinski definition) is 1. The molecule has 28 heavy (non-hydrogen) atoms.